The highest BCUT2D eigenvalue weighted by Crippen LogP contribution is 2.34. The molecule has 0 spiro atoms. The van der Waals surface area contributed by atoms with Gasteiger partial charge in [-0.25, -0.2) is 15.0 Å². The fraction of sp³-hybridized carbons (Fsp3) is 0.545. The van der Waals surface area contributed by atoms with Gasteiger partial charge in [0.15, 0.2) is 17.0 Å². The van der Waals surface area contributed by atoms with Gasteiger partial charge in [0.05, 0.1) is 12.7 Å². The Bertz CT molecular complexity index is 630. The van der Waals surface area contributed by atoms with Crippen LogP contribution < -0.4 is 11.1 Å². The number of ether oxygens (including phenoxy) is 1. The predicted molar refractivity (Wildman–Crippen MR) is 70.9 cm³/mol. The molecule has 1 saturated heterocycles. The number of aromatic nitrogens is 4. The highest BCUT2D eigenvalue weighted by atomic mass is 16.5. The summed E-state index contributed by atoms with van der Waals surface area (Å²) in [5.74, 6) is 0.797. The van der Waals surface area contributed by atoms with E-state index in [0.717, 1.165) is 0 Å². The SMILES string of the molecule is CNc1nc2c(N)ncnc2n1[C@H]1C[C@@H](O)[C@H](CO)O1. The molecule has 3 rings (SSSR count). The summed E-state index contributed by atoms with van der Waals surface area (Å²) in [5, 5.41) is 22.0. The molecule has 2 aromatic rings. The molecule has 0 aliphatic carbocycles. The van der Waals surface area contributed by atoms with E-state index < -0.39 is 18.4 Å². The molecule has 3 heterocycles. The number of hydrogen-bond acceptors (Lipinski definition) is 8. The standard InChI is InChI=1S/C11H16N6O3/c1-13-11-16-8-9(12)14-4-15-10(8)17(11)7-2-5(19)6(3-18)20-7/h4-7,18-19H,2-3H2,1H3,(H,13,16)(H2,12,14,15)/t5-,6+,7-/m1/s1. The highest BCUT2D eigenvalue weighted by molar-refractivity contribution is 5.84. The van der Waals surface area contributed by atoms with Crippen molar-refractivity contribution in [2.24, 2.45) is 0 Å². The third-order valence-corrected chi connectivity index (χ3v) is 3.40. The summed E-state index contributed by atoms with van der Waals surface area (Å²) in [7, 11) is 1.72. The molecular formula is C11H16N6O3. The van der Waals surface area contributed by atoms with E-state index in [1.165, 1.54) is 6.33 Å². The molecule has 20 heavy (non-hydrogen) atoms. The van der Waals surface area contributed by atoms with Crippen molar-refractivity contribution in [3.63, 3.8) is 0 Å². The van der Waals surface area contributed by atoms with Crippen LogP contribution in [0.3, 0.4) is 0 Å². The maximum Gasteiger partial charge on any atom is 0.207 e. The van der Waals surface area contributed by atoms with E-state index >= 15 is 0 Å². The Morgan fingerprint density at radius 3 is 3.00 bits per heavy atom. The number of anilines is 2. The molecule has 1 fully saturated rings. The highest BCUT2D eigenvalue weighted by Gasteiger charge is 2.36. The van der Waals surface area contributed by atoms with Crippen molar-refractivity contribution < 1.29 is 14.9 Å². The van der Waals surface area contributed by atoms with Gasteiger partial charge in [-0.05, 0) is 0 Å². The summed E-state index contributed by atoms with van der Waals surface area (Å²) in [6.07, 6.45) is -0.115. The molecule has 108 valence electrons. The first-order chi connectivity index (χ1) is 9.65. The zero-order valence-corrected chi connectivity index (χ0v) is 10.9. The Labute approximate surface area is 114 Å². The van der Waals surface area contributed by atoms with Gasteiger partial charge in [0.2, 0.25) is 5.95 Å². The maximum absolute atomic E-state index is 9.85. The summed E-state index contributed by atoms with van der Waals surface area (Å²) in [5.41, 5.74) is 6.79. The van der Waals surface area contributed by atoms with Crippen molar-refractivity contribution in [2.45, 2.75) is 24.9 Å². The molecule has 1 aliphatic rings. The van der Waals surface area contributed by atoms with Crippen LogP contribution in [0.4, 0.5) is 11.8 Å². The monoisotopic (exact) mass is 280 g/mol. The van der Waals surface area contributed by atoms with Crippen molar-refractivity contribution >= 4 is 22.9 Å². The molecule has 0 saturated carbocycles. The van der Waals surface area contributed by atoms with E-state index in [2.05, 4.69) is 20.3 Å². The Balaban J connectivity index is 2.09. The van der Waals surface area contributed by atoms with Crippen LogP contribution >= 0.6 is 0 Å². The van der Waals surface area contributed by atoms with Crippen molar-refractivity contribution in [2.75, 3.05) is 24.7 Å². The number of hydrogen-bond donors (Lipinski definition) is 4. The van der Waals surface area contributed by atoms with Gasteiger partial charge in [0.1, 0.15) is 18.7 Å². The topological polar surface area (TPSA) is 131 Å². The van der Waals surface area contributed by atoms with Crippen LogP contribution in [-0.2, 0) is 4.74 Å². The number of nitrogens with zero attached hydrogens (tertiary/aromatic N) is 4. The summed E-state index contributed by atoms with van der Waals surface area (Å²) < 4.78 is 7.35. The Morgan fingerprint density at radius 2 is 2.35 bits per heavy atom. The van der Waals surface area contributed by atoms with Crippen LogP contribution in [-0.4, -0.2) is 55.6 Å². The Kier molecular flexibility index (Phi) is 3.16. The number of nitrogens with two attached hydrogens (primary N) is 1. The summed E-state index contributed by atoms with van der Waals surface area (Å²) >= 11 is 0. The van der Waals surface area contributed by atoms with E-state index in [-0.39, 0.29) is 12.4 Å². The van der Waals surface area contributed by atoms with Gasteiger partial charge in [-0.2, -0.15) is 0 Å². The molecule has 2 aromatic heterocycles. The molecule has 3 atom stereocenters. The van der Waals surface area contributed by atoms with Gasteiger partial charge in [0.25, 0.3) is 0 Å². The molecule has 9 heteroatoms. The van der Waals surface area contributed by atoms with Crippen molar-refractivity contribution in [1.29, 1.82) is 0 Å². The smallest absolute Gasteiger partial charge is 0.207 e. The fourth-order valence-electron chi connectivity index (χ4n) is 2.41. The van der Waals surface area contributed by atoms with Gasteiger partial charge in [-0.15, -0.1) is 0 Å². The summed E-state index contributed by atoms with van der Waals surface area (Å²) in [6.45, 7) is -0.240. The van der Waals surface area contributed by atoms with Crippen molar-refractivity contribution in [3.05, 3.63) is 6.33 Å². The van der Waals surface area contributed by atoms with Crippen LogP contribution in [0, 0.1) is 0 Å². The average Bonchev–Trinajstić information content (AvgIpc) is 2.99. The normalized spacial score (nSPS) is 26.2. The molecule has 0 radical (unpaired) electrons. The van der Waals surface area contributed by atoms with Gasteiger partial charge >= 0.3 is 0 Å². The third kappa shape index (κ3) is 1.87. The molecule has 1 aliphatic heterocycles. The Morgan fingerprint density at radius 1 is 1.55 bits per heavy atom. The van der Waals surface area contributed by atoms with E-state index in [4.69, 9.17) is 15.6 Å². The number of rotatable bonds is 3. The zero-order chi connectivity index (χ0) is 14.3. The van der Waals surface area contributed by atoms with Crippen LogP contribution in [0.25, 0.3) is 11.2 Å². The lowest BCUT2D eigenvalue weighted by Crippen LogP contribution is -2.24. The molecular weight excluding hydrogens is 264 g/mol. The summed E-state index contributed by atoms with van der Waals surface area (Å²) in [4.78, 5) is 12.4. The van der Waals surface area contributed by atoms with Crippen LogP contribution in [0.2, 0.25) is 0 Å². The minimum absolute atomic E-state index is 0.240. The number of nitrogens with one attached hydrogen (secondary N) is 1. The summed E-state index contributed by atoms with van der Waals surface area (Å²) in [6, 6.07) is 0. The first kappa shape index (κ1) is 13.0. The quantitative estimate of drug-likeness (QED) is 0.568. The zero-order valence-electron chi connectivity index (χ0n) is 10.9. The number of fused-ring (bicyclic) bond motifs is 1. The van der Waals surface area contributed by atoms with E-state index in [9.17, 15) is 5.11 Å². The van der Waals surface area contributed by atoms with E-state index in [0.29, 0.717) is 23.5 Å². The average molecular weight is 280 g/mol. The minimum Gasteiger partial charge on any atom is -0.394 e. The van der Waals surface area contributed by atoms with E-state index in [1.54, 1.807) is 11.6 Å². The Hall–Kier alpha value is -1.97. The molecule has 9 nitrogen and oxygen atoms in total. The molecule has 0 unspecified atom stereocenters. The van der Waals surface area contributed by atoms with Crippen LogP contribution in [0.1, 0.15) is 12.6 Å². The first-order valence-electron chi connectivity index (χ1n) is 6.26. The predicted octanol–water partition coefficient (Wildman–Crippen LogP) is -0.909. The van der Waals surface area contributed by atoms with Crippen molar-refractivity contribution in [1.82, 2.24) is 19.5 Å². The van der Waals surface area contributed by atoms with E-state index in [1.807, 2.05) is 0 Å². The number of imidazole rings is 1. The van der Waals surface area contributed by atoms with Crippen LogP contribution in [0.15, 0.2) is 6.33 Å². The molecule has 0 aromatic carbocycles. The third-order valence-electron chi connectivity index (χ3n) is 3.40. The second-order valence-electron chi connectivity index (χ2n) is 4.60. The fourth-order valence-corrected chi connectivity index (χ4v) is 2.41. The van der Waals surface area contributed by atoms with Gasteiger partial charge < -0.3 is 26.0 Å². The van der Waals surface area contributed by atoms with Crippen LogP contribution in [0.5, 0.6) is 0 Å². The van der Waals surface area contributed by atoms with Gasteiger partial charge in [-0.1, -0.05) is 0 Å². The second-order valence-corrected chi connectivity index (χ2v) is 4.60. The number of aliphatic hydroxyl groups excluding tert-OH is 2. The minimum atomic E-state index is -0.730. The van der Waals surface area contributed by atoms with Gasteiger partial charge in [-0.3, -0.25) is 4.57 Å². The molecule has 0 bridgehead atoms. The second kappa shape index (κ2) is 4.85. The molecule has 5 N–H and O–H groups in total. The maximum atomic E-state index is 9.85. The largest absolute Gasteiger partial charge is 0.394 e. The molecule has 0 amide bonds. The number of nitrogen functional groups attached to an aromatic ring is 1. The number of aliphatic hydroxyl groups is 2. The lowest BCUT2D eigenvalue weighted by Gasteiger charge is -2.16. The lowest BCUT2D eigenvalue weighted by molar-refractivity contribution is -0.0425. The lowest BCUT2D eigenvalue weighted by atomic mass is 10.2. The van der Waals surface area contributed by atoms with Crippen molar-refractivity contribution in [3.8, 4) is 0 Å². The first-order valence-corrected chi connectivity index (χ1v) is 6.26. The van der Waals surface area contributed by atoms with Gasteiger partial charge in [0, 0.05) is 13.5 Å².